The van der Waals surface area contributed by atoms with Crippen molar-refractivity contribution in [1.29, 1.82) is 0 Å². The topological polar surface area (TPSA) is 87.2 Å². The number of rotatable bonds is 7. The molecule has 0 bridgehead atoms. The molecular formula is C18H23N5O2. The maximum absolute atomic E-state index is 12.3. The molecule has 2 rings (SSSR count). The van der Waals surface area contributed by atoms with Gasteiger partial charge in [0.1, 0.15) is 0 Å². The quantitative estimate of drug-likeness (QED) is 0.803. The third kappa shape index (κ3) is 5.96. The van der Waals surface area contributed by atoms with Crippen LogP contribution in [0.25, 0.3) is 0 Å². The third-order valence-corrected chi connectivity index (χ3v) is 3.78. The molecule has 0 aliphatic rings. The van der Waals surface area contributed by atoms with Gasteiger partial charge in [0, 0.05) is 38.0 Å². The van der Waals surface area contributed by atoms with Gasteiger partial charge in [0.25, 0.3) is 0 Å². The monoisotopic (exact) mass is 341 g/mol. The first-order valence-electron chi connectivity index (χ1n) is 8.07. The van der Waals surface area contributed by atoms with E-state index in [-0.39, 0.29) is 24.4 Å². The second-order valence-corrected chi connectivity index (χ2v) is 5.94. The zero-order valence-electron chi connectivity index (χ0n) is 14.7. The third-order valence-electron chi connectivity index (χ3n) is 3.78. The van der Waals surface area contributed by atoms with Crippen molar-refractivity contribution in [2.45, 2.75) is 26.3 Å². The zero-order chi connectivity index (χ0) is 18.2. The molecule has 0 aliphatic carbocycles. The Morgan fingerprint density at radius 2 is 1.84 bits per heavy atom. The summed E-state index contributed by atoms with van der Waals surface area (Å²) in [5.41, 5.74) is 2.05. The molecule has 7 nitrogen and oxygen atoms in total. The molecule has 0 saturated heterocycles. The van der Waals surface area contributed by atoms with Gasteiger partial charge in [-0.1, -0.05) is 12.1 Å². The molecule has 25 heavy (non-hydrogen) atoms. The van der Waals surface area contributed by atoms with E-state index in [1.54, 1.807) is 42.9 Å². The Labute approximate surface area is 147 Å². The van der Waals surface area contributed by atoms with E-state index in [9.17, 15) is 9.59 Å². The second-order valence-electron chi connectivity index (χ2n) is 5.94. The molecule has 0 spiro atoms. The van der Waals surface area contributed by atoms with Crippen molar-refractivity contribution in [1.82, 2.24) is 14.9 Å². The van der Waals surface area contributed by atoms with Crippen LogP contribution in [-0.2, 0) is 16.0 Å². The minimum Gasteiger partial charge on any atom is -0.325 e. The van der Waals surface area contributed by atoms with Crippen molar-refractivity contribution in [3.8, 4) is 0 Å². The summed E-state index contributed by atoms with van der Waals surface area (Å²) in [6.07, 6.45) is 5.74. The van der Waals surface area contributed by atoms with E-state index >= 15 is 0 Å². The highest BCUT2D eigenvalue weighted by molar-refractivity contribution is 5.99. The van der Waals surface area contributed by atoms with Gasteiger partial charge >= 0.3 is 0 Å². The average Bonchev–Trinajstić information content (AvgIpc) is 2.57. The standard InChI is InChI=1S/C18H23N5O2/c1-13(10-15-11-19-8-9-20-15)23(3)12-18(25)22-17-7-5-4-6-16(17)21-14(2)24/h4-9,11,13H,10,12H2,1-3H3,(H,21,24)(H,22,25)/t13-/m1/s1. The number of anilines is 2. The lowest BCUT2D eigenvalue weighted by Crippen LogP contribution is -2.37. The van der Waals surface area contributed by atoms with E-state index in [2.05, 4.69) is 20.6 Å². The van der Waals surface area contributed by atoms with Crippen molar-refractivity contribution in [2.75, 3.05) is 24.2 Å². The van der Waals surface area contributed by atoms with Gasteiger partial charge in [-0.15, -0.1) is 0 Å². The lowest BCUT2D eigenvalue weighted by molar-refractivity contribution is -0.117. The number of carbonyl (C=O) groups is 2. The second kappa shape index (κ2) is 8.89. The Morgan fingerprint density at radius 3 is 2.44 bits per heavy atom. The predicted octanol–water partition coefficient (Wildman–Crippen LogP) is 1.94. The summed E-state index contributed by atoms with van der Waals surface area (Å²) < 4.78 is 0. The van der Waals surface area contributed by atoms with Crippen LogP contribution in [0.15, 0.2) is 42.9 Å². The number of hydrogen-bond acceptors (Lipinski definition) is 5. The van der Waals surface area contributed by atoms with Crippen LogP contribution in [0.4, 0.5) is 11.4 Å². The molecule has 1 aromatic heterocycles. The maximum Gasteiger partial charge on any atom is 0.238 e. The fraction of sp³-hybridized carbons (Fsp3) is 0.333. The van der Waals surface area contributed by atoms with Gasteiger partial charge in [0.15, 0.2) is 0 Å². The maximum atomic E-state index is 12.3. The van der Waals surface area contributed by atoms with E-state index in [4.69, 9.17) is 0 Å². The molecule has 2 N–H and O–H groups in total. The number of amides is 2. The van der Waals surface area contributed by atoms with Gasteiger partial charge in [0.05, 0.1) is 23.6 Å². The van der Waals surface area contributed by atoms with Crippen LogP contribution < -0.4 is 10.6 Å². The van der Waals surface area contributed by atoms with Crippen LogP contribution in [0, 0.1) is 0 Å². The minimum atomic E-state index is -0.184. The minimum absolute atomic E-state index is 0.132. The van der Waals surface area contributed by atoms with E-state index in [0.717, 1.165) is 5.69 Å². The zero-order valence-corrected chi connectivity index (χ0v) is 14.7. The number of likely N-dealkylation sites (N-methyl/N-ethyl adjacent to an activating group) is 1. The predicted molar refractivity (Wildman–Crippen MR) is 97.2 cm³/mol. The summed E-state index contributed by atoms with van der Waals surface area (Å²) in [6.45, 7) is 3.70. The molecule has 1 aromatic carbocycles. The SMILES string of the molecule is CC(=O)Nc1ccccc1NC(=O)CN(C)[C@H](C)Cc1cnccn1. The summed E-state index contributed by atoms with van der Waals surface area (Å²) >= 11 is 0. The van der Waals surface area contributed by atoms with E-state index < -0.39 is 0 Å². The number of benzene rings is 1. The van der Waals surface area contributed by atoms with Crippen LogP contribution in [-0.4, -0.2) is 46.3 Å². The lowest BCUT2D eigenvalue weighted by atomic mass is 10.1. The molecule has 1 heterocycles. The molecule has 0 aliphatic heterocycles. The van der Waals surface area contributed by atoms with Crippen LogP contribution in [0.2, 0.25) is 0 Å². The van der Waals surface area contributed by atoms with Gasteiger partial charge in [-0.3, -0.25) is 24.5 Å². The van der Waals surface area contributed by atoms with Crippen molar-refractivity contribution in [3.63, 3.8) is 0 Å². The highest BCUT2D eigenvalue weighted by Crippen LogP contribution is 2.20. The number of para-hydroxylation sites is 2. The highest BCUT2D eigenvalue weighted by atomic mass is 16.2. The molecule has 1 atom stereocenters. The first-order chi connectivity index (χ1) is 12.0. The van der Waals surface area contributed by atoms with Crippen LogP contribution in [0.1, 0.15) is 19.5 Å². The largest absolute Gasteiger partial charge is 0.325 e. The van der Waals surface area contributed by atoms with Gasteiger partial charge < -0.3 is 10.6 Å². The van der Waals surface area contributed by atoms with Gasteiger partial charge in [-0.25, -0.2) is 0 Å². The Hall–Kier alpha value is -2.80. The number of nitrogens with one attached hydrogen (secondary N) is 2. The number of hydrogen-bond donors (Lipinski definition) is 2. The van der Waals surface area contributed by atoms with Crippen molar-refractivity contribution in [3.05, 3.63) is 48.5 Å². The molecule has 7 heteroatoms. The fourth-order valence-corrected chi connectivity index (χ4v) is 2.36. The smallest absolute Gasteiger partial charge is 0.238 e. The van der Waals surface area contributed by atoms with Crippen LogP contribution in [0.5, 0.6) is 0 Å². The fourth-order valence-electron chi connectivity index (χ4n) is 2.36. The van der Waals surface area contributed by atoms with Gasteiger partial charge in [-0.2, -0.15) is 0 Å². The first kappa shape index (κ1) is 18.5. The summed E-state index contributed by atoms with van der Waals surface area (Å²) in [5.74, 6) is -0.331. The summed E-state index contributed by atoms with van der Waals surface area (Å²) in [6, 6.07) is 7.24. The van der Waals surface area contributed by atoms with Crippen LogP contribution in [0.3, 0.4) is 0 Å². The normalized spacial score (nSPS) is 11.8. The number of aromatic nitrogens is 2. The molecule has 0 radical (unpaired) electrons. The molecule has 0 saturated carbocycles. The van der Waals surface area contributed by atoms with E-state index in [1.165, 1.54) is 6.92 Å². The number of carbonyl (C=O) groups excluding carboxylic acids is 2. The van der Waals surface area contributed by atoms with E-state index in [0.29, 0.717) is 17.8 Å². The Morgan fingerprint density at radius 1 is 1.16 bits per heavy atom. The van der Waals surface area contributed by atoms with Crippen LogP contribution >= 0.6 is 0 Å². The lowest BCUT2D eigenvalue weighted by Gasteiger charge is -2.24. The first-order valence-corrected chi connectivity index (χ1v) is 8.07. The van der Waals surface area contributed by atoms with Gasteiger partial charge in [-0.05, 0) is 26.1 Å². The van der Waals surface area contributed by atoms with Crippen molar-refractivity contribution < 1.29 is 9.59 Å². The van der Waals surface area contributed by atoms with Crippen molar-refractivity contribution >= 4 is 23.2 Å². The Kier molecular flexibility index (Phi) is 6.59. The molecule has 0 fully saturated rings. The Bertz CT molecular complexity index is 720. The molecule has 132 valence electrons. The average molecular weight is 341 g/mol. The molecular weight excluding hydrogens is 318 g/mol. The summed E-state index contributed by atoms with van der Waals surface area (Å²) in [5, 5.41) is 5.55. The number of nitrogens with zero attached hydrogens (tertiary/aromatic N) is 3. The molecule has 0 unspecified atom stereocenters. The Balaban J connectivity index is 1.92. The molecule has 2 amide bonds. The summed E-state index contributed by atoms with van der Waals surface area (Å²) in [4.78, 5) is 33.8. The molecule has 2 aromatic rings. The van der Waals surface area contributed by atoms with Gasteiger partial charge in [0.2, 0.25) is 11.8 Å². The summed E-state index contributed by atoms with van der Waals surface area (Å²) in [7, 11) is 1.89. The van der Waals surface area contributed by atoms with Crippen molar-refractivity contribution in [2.24, 2.45) is 0 Å². The van der Waals surface area contributed by atoms with E-state index in [1.807, 2.05) is 18.9 Å². The highest BCUT2D eigenvalue weighted by Gasteiger charge is 2.15.